The molecule has 0 aliphatic rings. The van der Waals surface area contributed by atoms with E-state index in [9.17, 15) is 14.4 Å². The zero-order chi connectivity index (χ0) is 18.2. The molecule has 8 heteroatoms. The Labute approximate surface area is 143 Å². The van der Waals surface area contributed by atoms with Crippen molar-refractivity contribution in [2.45, 2.75) is 13.8 Å². The number of benzene rings is 1. The van der Waals surface area contributed by atoms with Crippen LogP contribution in [0.15, 0.2) is 28.7 Å². The molecule has 0 spiro atoms. The summed E-state index contributed by atoms with van der Waals surface area (Å²) in [6, 6.07) is 6.45. The van der Waals surface area contributed by atoms with E-state index in [2.05, 4.69) is 4.74 Å². The minimum absolute atomic E-state index is 0.0912. The molecule has 0 atom stereocenters. The van der Waals surface area contributed by atoms with Gasteiger partial charge >= 0.3 is 17.9 Å². The maximum Gasteiger partial charge on any atom is 0.374 e. The maximum atomic E-state index is 11.9. The normalized spacial score (nSPS) is 10.3. The fourth-order valence-corrected chi connectivity index (χ4v) is 1.99. The standard InChI is InChI=1S/C17H18O8/c1-3-21-14(18)9-23-12-7-5-6-11-8-13(25-16(11)12)17(20)24-10-15(19)22-4-2/h5-8H,3-4,9-10H2,1-2H3. The lowest BCUT2D eigenvalue weighted by Crippen LogP contribution is -2.16. The van der Waals surface area contributed by atoms with Crippen molar-refractivity contribution in [2.24, 2.45) is 0 Å². The van der Waals surface area contributed by atoms with Crippen LogP contribution in [0.25, 0.3) is 11.0 Å². The molecular weight excluding hydrogens is 332 g/mol. The molecule has 1 aromatic carbocycles. The predicted molar refractivity (Wildman–Crippen MR) is 85.3 cm³/mol. The van der Waals surface area contributed by atoms with Gasteiger partial charge in [-0.1, -0.05) is 12.1 Å². The van der Waals surface area contributed by atoms with Crippen molar-refractivity contribution in [1.29, 1.82) is 0 Å². The number of carbonyl (C=O) groups is 3. The molecule has 1 heterocycles. The van der Waals surface area contributed by atoms with E-state index in [4.69, 9.17) is 18.6 Å². The van der Waals surface area contributed by atoms with Crippen molar-refractivity contribution in [1.82, 2.24) is 0 Å². The van der Waals surface area contributed by atoms with Gasteiger partial charge in [-0.05, 0) is 26.0 Å². The lowest BCUT2D eigenvalue weighted by Gasteiger charge is -2.05. The molecule has 2 rings (SSSR count). The summed E-state index contributed by atoms with van der Waals surface area (Å²) < 4.78 is 25.1. The highest BCUT2D eigenvalue weighted by Crippen LogP contribution is 2.29. The monoisotopic (exact) mass is 350 g/mol. The zero-order valence-electron chi connectivity index (χ0n) is 13.9. The van der Waals surface area contributed by atoms with Gasteiger partial charge in [0.2, 0.25) is 5.76 Å². The van der Waals surface area contributed by atoms with Crippen molar-refractivity contribution < 1.29 is 37.7 Å². The SMILES string of the molecule is CCOC(=O)COC(=O)c1cc2cccc(OCC(=O)OCC)c2o1. The molecule has 0 N–H and O–H groups in total. The van der Waals surface area contributed by atoms with Crippen molar-refractivity contribution in [3.8, 4) is 5.75 Å². The Balaban J connectivity index is 2.08. The van der Waals surface area contributed by atoms with Gasteiger partial charge in [-0.15, -0.1) is 0 Å². The number of hydrogen-bond donors (Lipinski definition) is 0. The first kappa shape index (κ1) is 18.3. The van der Waals surface area contributed by atoms with Gasteiger partial charge < -0.3 is 23.4 Å². The molecule has 8 nitrogen and oxygen atoms in total. The van der Waals surface area contributed by atoms with Gasteiger partial charge in [-0.3, -0.25) is 0 Å². The molecule has 0 bridgehead atoms. The third-order valence-electron chi connectivity index (χ3n) is 2.99. The summed E-state index contributed by atoms with van der Waals surface area (Å²) in [5, 5.41) is 0.587. The summed E-state index contributed by atoms with van der Waals surface area (Å²) >= 11 is 0. The molecular formula is C17H18O8. The number of hydrogen-bond acceptors (Lipinski definition) is 8. The lowest BCUT2D eigenvalue weighted by atomic mass is 10.2. The number of carbonyl (C=O) groups excluding carboxylic acids is 3. The average molecular weight is 350 g/mol. The number of rotatable bonds is 8. The van der Waals surface area contributed by atoms with E-state index in [1.54, 1.807) is 32.0 Å². The lowest BCUT2D eigenvalue weighted by molar-refractivity contribution is -0.147. The van der Waals surface area contributed by atoms with Gasteiger partial charge in [-0.2, -0.15) is 0 Å². The van der Waals surface area contributed by atoms with Gasteiger partial charge in [0.15, 0.2) is 24.5 Å². The van der Waals surface area contributed by atoms with Crippen LogP contribution in [0.2, 0.25) is 0 Å². The second-order valence-corrected chi connectivity index (χ2v) is 4.76. The molecule has 0 saturated heterocycles. The smallest absolute Gasteiger partial charge is 0.374 e. The second kappa shape index (κ2) is 8.72. The molecule has 0 radical (unpaired) electrons. The molecule has 0 aliphatic carbocycles. The second-order valence-electron chi connectivity index (χ2n) is 4.76. The molecule has 0 aliphatic heterocycles. The Morgan fingerprint density at radius 1 is 0.960 bits per heavy atom. The van der Waals surface area contributed by atoms with Crippen LogP contribution in [0.1, 0.15) is 24.4 Å². The van der Waals surface area contributed by atoms with Gasteiger partial charge in [0, 0.05) is 5.39 Å². The molecule has 25 heavy (non-hydrogen) atoms. The van der Waals surface area contributed by atoms with Crippen LogP contribution in [0.3, 0.4) is 0 Å². The molecule has 0 amide bonds. The molecule has 134 valence electrons. The van der Waals surface area contributed by atoms with Crippen LogP contribution in [-0.4, -0.2) is 44.3 Å². The van der Waals surface area contributed by atoms with E-state index in [0.29, 0.717) is 5.39 Å². The largest absolute Gasteiger partial charge is 0.478 e. The highest BCUT2D eigenvalue weighted by Gasteiger charge is 2.18. The van der Waals surface area contributed by atoms with Gasteiger partial charge in [0.1, 0.15) is 0 Å². The third kappa shape index (κ3) is 4.97. The minimum atomic E-state index is -0.805. The van der Waals surface area contributed by atoms with E-state index >= 15 is 0 Å². The van der Waals surface area contributed by atoms with E-state index in [1.807, 2.05) is 0 Å². The molecule has 0 fully saturated rings. The van der Waals surface area contributed by atoms with E-state index in [-0.39, 0.29) is 36.9 Å². The van der Waals surface area contributed by atoms with E-state index in [1.165, 1.54) is 6.07 Å². The summed E-state index contributed by atoms with van der Waals surface area (Å²) in [5.41, 5.74) is 0.287. The summed E-state index contributed by atoms with van der Waals surface area (Å²) in [5.74, 6) is -1.77. The first-order valence-corrected chi connectivity index (χ1v) is 7.68. The third-order valence-corrected chi connectivity index (χ3v) is 2.99. The van der Waals surface area contributed by atoms with Crippen LogP contribution >= 0.6 is 0 Å². The Bertz CT molecular complexity index is 761. The average Bonchev–Trinajstić information content (AvgIpc) is 3.03. The topological polar surface area (TPSA) is 101 Å². The van der Waals surface area contributed by atoms with Gasteiger partial charge in [0.05, 0.1) is 13.2 Å². The first-order valence-electron chi connectivity index (χ1n) is 7.68. The van der Waals surface area contributed by atoms with Crippen LogP contribution in [0, 0.1) is 0 Å². The van der Waals surface area contributed by atoms with Crippen molar-refractivity contribution in [2.75, 3.05) is 26.4 Å². The highest BCUT2D eigenvalue weighted by atomic mass is 16.6. The Kier molecular flexibility index (Phi) is 6.39. The van der Waals surface area contributed by atoms with Crippen LogP contribution in [-0.2, 0) is 23.8 Å². The number of esters is 3. The molecule has 2 aromatic rings. The van der Waals surface area contributed by atoms with Crippen LogP contribution < -0.4 is 4.74 Å². The quantitative estimate of drug-likeness (QED) is 0.527. The van der Waals surface area contributed by atoms with Crippen molar-refractivity contribution in [3.05, 3.63) is 30.0 Å². The fourth-order valence-electron chi connectivity index (χ4n) is 1.99. The number of ether oxygens (including phenoxy) is 4. The summed E-state index contributed by atoms with van der Waals surface area (Å²) in [4.78, 5) is 34.5. The summed E-state index contributed by atoms with van der Waals surface area (Å²) in [6.07, 6.45) is 0. The summed E-state index contributed by atoms with van der Waals surface area (Å²) in [7, 11) is 0. The predicted octanol–water partition coefficient (Wildman–Crippen LogP) is 2.09. The minimum Gasteiger partial charge on any atom is -0.478 e. The molecule has 0 unspecified atom stereocenters. The van der Waals surface area contributed by atoms with E-state index in [0.717, 1.165) is 0 Å². The Morgan fingerprint density at radius 2 is 1.64 bits per heavy atom. The van der Waals surface area contributed by atoms with Crippen molar-refractivity contribution >= 4 is 28.9 Å². The highest BCUT2D eigenvalue weighted by molar-refractivity contribution is 5.95. The van der Waals surface area contributed by atoms with E-state index < -0.39 is 24.5 Å². The van der Waals surface area contributed by atoms with Crippen molar-refractivity contribution in [3.63, 3.8) is 0 Å². The fraction of sp³-hybridized carbons (Fsp3) is 0.353. The molecule has 0 saturated carbocycles. The number of fused-ring (bicyclic) bond motifs is 1. The van der Waals surface area contributed by atoms with Gasteiger partial charge in [0.25, 0.3) is 0 Å². The number of furan rings is 1. The molecule has 1 aromatic heterocycles. The van der Waals surface area contributed by atoms with Crippen LogP contribution in [0.5, 0.6) is 5.75 Å². The van der Waals surface area contributed by atoms with Crippen LogP contribution in [0.4, 0.5) is 0 Å². The summed E-state index contributed by atoms with van der Waals surface area (Å²) in [6.45, 7) is 3.01. The Hall–Kier alpha value is -3.03. The maximum absolute atomic E-state index is 11.9. The first-order chi connectivity index (χ1) is 12.0. The Morgan fingerprint density at radius 3 is 2.32 bits per heavy atom. The zero-order valence-corrected chi connectivity index (χ0v) is 13.9. The van der Waals surface area contributed by atoms with Gasteiger partial charge in [-0.25, -0.2) is 14.4 Å². The number of para-hydroxylation sites is 1.